The third-order valence-electron chi connectivity index (χ3n) is 2.98. The van der Waals surface area contributed by atoms with Crippen molar-refractivity contribution in [1.82, 2.24) is 0 Å². The molecule has 80 valence electrons. The molecule has 2 nitrogen and oxygen atoms in total. The Bertz CT molecular complexity index is 383. The summed E-state index contributed by atoms with van der Waals surface area (Å²) >= 11 is 5.99. The van der Waals surface area contributed by atoms with E-state index in [0.717, 1.165) is 25.7 Å². The van der Waals surface area contributed by atoms with Gasteiger partial charge in [-0.25, -0.2) is 0 Å². The van der Waals surface area contributed by atoms with E-state index in [1.807, 2.05) is 0 Å². The van der Waals surface area contributed by atoms with Crippen molar-refractivity contribution in [1.29, 1.82) is 0 Å². The van der Waals surface area contributed by atoms with Crippen molar-refractivity contribution >= 4 is 23.1 Å². The van der Waals surface area contributed by atoms with Crippen molar-refractivity contribution in [2.45, 2.75) is 25.7 Å². The van der Waals surface area contributed by atoms with Crippen LogP contribution in [0, 0.1) is 5.92 Å². The molecule has 1 fully saturated rings. The third-order valence-corrected chi connectivity index (χ3v) is 3.31. The monoisotopic (exact) mass is 223 g/mol. The molecule has 0 saturated heterocycles. The molecule has 0 heterocycles. The van der Waals surface area contributed by atoms with Crippen molar-refractivity contribution < 1.29 is 4.79 Å². The van der Waals surface area contributed by atoms with Gasteiger partial charge in [0.25, 0.3) is 0 Å². The molecule has 0 amide bonds. The first-order chi connectivity index (χ1) is 7.18. The zero-order chi connectivity index (χ0) is 10.8. The summed E-state index contributed by atoms with van der Waals surface area (Å²) in [4.78, 5) is 12.1. The van der Waals surface area contributed by atoms with E-state index in [1.165, 1.54) is 0 Å². The minimum absolute atomic E-state index is 0.157. The van der Waals surface area contributed by atoms with E-state index >= 15 is 0 Å². The molecule has 15 heavy (non-hydrogen) atoms. The quantitative estimate of drug-likeness (QED) is 0.618. The highest BCUT2D eigenvalue weighted by molar-refractivity contribution is 6.34. The number of carbonyl (C=O) groups excluding carboxylic acids is 1. The van der Waals surface area contributed by atoms with Gasteiger partial charge in [-0.3, -0.25) is 4.79 Å². The maximum Gasteiger partial charge on any atom is 0.167 e. The van der Waals surface area contributed by atoms with Crippen LogP contribution in [0.5, 0.6) is 0 Å². The number of anilines is 1. The fraction of sp³-hybridized carbons (Fsp3) is 0.417. The molecule has 0 radical (unpaired) electrons. The number of rotatable bonds is 2. The van der Waals surface area contributed by atoms with Gasteiger partial charge < -0.3 is 5.73 Å². The summed E-state index contributed by atoms with van der Waals surface area (Å²) in [6, 6.07) is 5.09. The highest BCUT2D eigenvalue weighted by atomic mass is 35.5. The molecular formula is C12H14ClNO. The highest BCUT2D eigenvalue weighted by Gasteiger charge is 2.25. The summed E-state index contributed by atoms with van der Waals surface area (Å²) in [6.45, 7) is 0. The van der Waals surface area contributed by atoms with Gasteiger partial charge in [-0.1, -0.05) is 24.4 Å². The van der Waals surface area contributed by atoms with Crippen LogP contribution in [-0.4, -0.2) is 5.78 Å². The first-order valence-corrected chi connectivity index (χ1v) is 5.65. The molecule has 0 unspecified atom stereocenters. The lowest BCUT2D eigenvalue weighted by Gasteiger charge is -2.09. The Morgan fingerprint density at radius 1 is 1.33 bits per heavy atom. The van der Waals surface area contributed by atoms with Crippen LogP contribution in [-0.2, 0) is 0 Å². The molecule has 0 spiro atoms. The predicted octanol–water partition coefficient (Wildman–Crippen LogP) is 3.30. The van der Waals surface area contributed by atoms with Gasteiger partial charge in [0.15, 0.2) is 5.78 Å². The van der Waals surface area contributed by atoms with E-state index in [-0.39, 0.29) is 11.7 Å². The summed E-state index contributed by atoms with van der Waals surface area (Å²) in [5, 5.41) is 0.515. The highest BCUT2D eigenvalue weighted by Crippen LogP contribution is 2.30. The van der Waals surface area contributed by atoms with Gasteiger partial charge in [-0.2, -0.15) is 0 Å². The number of hydrogen-bond acceptors (Lipinski definition) is 2. The molecule has 0 bridgehead atoms. The van der Waals surface area contributed by atoms with Crippen LogP contribution in [0.3, 0.4) is 0 Å². The van der Waals surface area contributed by atoms with Crippen LogP contribution in [0.15, 0.2) is 18.2 Å². The van der Waals surface area contributed by atoms with Gasteiger partial charge in [-0.15, -0.1) is 0 Å². The maximum absolute atomic E-state index is 12.1. The second-order valence-corrected chi connectivity index (χ2v) is 4.49. The van der Waals surface area contributed by atoms with Gasteiger partial charge >= 0.3 is 0 Å². The van der Waals surface area contributed by atoms with Crippen molar-refractivity contribution in [3.8, 4) is 0 Å². The first-order valence-electron chi connectivity index (χ1n) is 5.27. The van der Waals surface area contributed by atoms with Crippen LogP contribution in [0.4, 0.5) is 5.69 Å². The lowest BCUT2D eigenvalue weighted by atomic mass is 9.96. The topological polar surface area (TPSA) is 43.1 Å². The first kappa shape index (κ1) is 10.5. The summed E-state index contributed by atoms with van der Waals surface area (Å²) in [5.41, 5.74) is 6.84. The van der Waals surface area contributed by atoms with E-state index in [1.54, 1.807) is 18.2 Å². The maximum atomic E-state index is 12.1. The molecule has 1 aliphatic carbocycles. The van der Waals surface area contributed by atoms with Crippen LogP contribution >= 0.6 is 11.6 Å². The Kier molecular flexibility index (Phi) is 2.96. The van der Waals surface area contributed by atoms with Crippen LogP contribution in [0.25, 0.3) is 0 Å². The average Bonchev–Trinajstić information content (AvgIpc) is 2.74. The molecule has 0 aliphatic heterocycles. The Labute approximate surface area is 94.4 Å². The number of hydrogen-bond donors (Lipinski definition) is 1. The fourth-order valence-corrected chi connectivity index (χ4v) is 2.35. The second-order valence-electron chi connectivity index (χ2n) is 4.08. The zero-order valence-electron chi connectivity index (χ0n) is 8.50. The van der Waals surface area contributed by atoms with E-state index in [9.17, 15) is 4.79 Å². The van der Waals surface area contributed by atoms with Crippen molar-refractivity contribution in [2.75, 3.05) is 5.73 Å². The molecule has 1 saturated carbocycles. The Morgan fingerprint density at radius 2 is 2.00 bits per heavy atom. The molecule has 2 rings (SSSR count). The Morgan fingerprint density at radius 3 is 2.67 bits per heavy atom. The minimum atomic E-state index is 0.157. The van der Waals surface area contributed by atoms with Crippen LogP contribution in [0.2, 0.25) is 5.02 Å². The van der Waals surface area contributed by atoms with Gasteiger partial charge in [0.05, 0.1) is 5.02 Å². The van der Waals surface area contributed by atoms with Gasteiger partial charge in [0, 0.05) is 17.2 Å². The van der Waals surface area contributed by atoms with Gasteiger partial charge in [0.2, 0.25) is 0 Å². The number of nitrogen functional groups attached to an aromatic ring is 1. The summed E-state index contributed by atoms with van der Waals surface area (Å²) < 4.78 is 0. The Hall–Kier alpha value is -1.02. The number of ketones is 1. The molecule has 0 aromatic heterocycles. The minimum Gasteiger partial charge on any atom is -0.399 e. The number of Topliss-reactive ketones (excluding diaryl/α,β-unsaturated/α-hetero) is 1. The fourth-order valence-electron chi connectivity index (χ4n) is 2.14. The standard InChI is InChI=1S/C12H14ClNO/c13-11-6-5-9(14)7-10(11)12(15)8-3-1-2-4-8/h5-8H,1-4,14H2. The van der Waals surface area contributed by atoms with Crippen LogP contribution in [0.1, 0.15) is 36.0 Å². The summed E-state index contributed by atoms with van der Waals surface area (Å²) in [5.74, 6) is 0.314. The van der Waals surface area contributed by atoms with Gasteiger partial charge in [-0.05, 0) is 31.0 Å². The van der Waals surface area contributed by atoms with E-state index < -0.39 is 0 Å². The smallest absolute Gasteiger partial charge is 0.167 e. The summed E-state index contributed by atoms with van der Waals surface area (Å²) in [7, 11) is 0. The van der Waals surface area contributed by atoms with Crippen molar-refractivity contribution in [3.63, 3.8) is 0 Å². The molecule has 1 aromatic carbocycles. The lowest BCUT2D eigenvalue weighted by Crippen LogP contribution is -2.11. The molecule has 3 heteroatoms. The van der Waals surface area contributed by atoms with Gasteiger partial charge in [0.1, 0.15) is 0 Å². The zero-order valence-corrected chi connectivity index (χ0v) is 9.26. The van der Waals surface area contributed by atoms with Crippen LogP contribution < -0.4 is 5.73 Å². The second kappa shape index (κ2) is 4.23. The largest absolute Gasteiger partial charge is 0.399 e. The molecule has 1 aliphatic rings. The average molecular weight is 224 g/mol. The normalized spacial score (nSPS) is 16.9. The molecular weight excluding hydrogens is 210 g/mol. The lowest BCUT2D eigenvalue weighted by molar-refractivity contribution is 0.0923. The number of nitrogens with two attached hydrogens (primary N) is 1. The Balaban J connectivity index is 2.27. The SMILES string of the molecule is Nc1ccc(Cl)c(C(=O)C2CCCC2)c1. The third kappa shape index (κ3) is 2.15. The molecule has 1 aromatic rings. The number of carbonyl (C=O) groups is 1. The summed E-state index contributed by atoms with van der Waals surface area (Å²) in [6.07, 6.45) is 4.28. The number of benzene rings is 1. The van der Waals surface area contributed by atoms with Crippen molar-refractivity contribution in [3.05, 3.63) is 28.8 Å². The van der Waals surface area contributed by atoms with Crippen molar-refractivity contribution in [2.24, 2.45) is 5.92 Å². The molecule has 0 atom stereocenters. The predicted molar refractivity (Wildman–Crippen MR) is 62.2 cm³/mol. The van der Waals surface area contributed by atoms with E-state index in [2.05, 4.69) is 0 Å². The number of halogens is 1. The van der Waals surface area contributed by atoms with E-state index in [0.29, 0.717) is 16.3 Å². The van der Waals surface area contributed by atoms with E-state index in [4.69, 9.17) is 17.3 Å². The molecule has 2 N–H and O–H groups in total.